The van der Waals surface area contributed by atoms with Crippen LogP contribution in [-0.4, -0.2) is 61.3 Å². The Morgan fingerprint density at radius 3 is 2.11 bits per heavy atom. The van der Waals surface area contributed by atoms with E-state index in [1.54, 1.807) is 43.5 Å². The normalized spacial score (nSPS) is 14.8. The molecule has 188 valence electrons. The number of amides is 1. The third-order valence-corrected chi connectivity index (χ3v) is 6.66. The number of anilines is 2. The number of ether oxygens (including phenoxy) is 1. The molecule has 0 saturated carbocycles. The van der Waals surface area contributed by atoms with Crippen LogP contribution in [-0.2, 0) is 0 Å². The number of nitrogens with zero attached hydrogens (tertiary/aromatic N) is 3. The van der Waals surface area contributed by atoms with Crippen LogP contribution in [0.15, 0.2) is 78.9 Å². The van der Waals surface area contributed by atoms with Crippen molar-refractivity contribution < 1.29 is 19.4 Å². The molecule has 1 heterocycles. The number of carboxylic acid groups (broad SMARTS) is 1. The quantitative estimate of drug-likeness (QED) is 0.410. The van der Waals surface area contributed by atoms with Gasteiger partial charge in [-0.3, -0.25) is 14.6 Å². The van der Waals surface area contributed by atoms with Crippen molar-refractivity contribution in [3.05, 3.63) is 90.0 Å². The lowest BCUT2D eigenvalue weighted by Gasteiger charge is -2.43. The first-order valence-corrected chi connectivity index (χ1v) is 12.4. The molecule has 0 aliphatic carbocycles. The molecule has 1 aliphatic rings. The maximum atomic E-state index is 12.8. The first kappa shape index (κ1) is 25.3. The SMILES string of the molecule is CCCC(N1CCN(c2ccccc2OC)CC1)N(C(=O)O)c1ccc(C(=O)c2ccccc2)cc1. The Kier molecular flexibility index (Phi) is 8.23. The first-order chi connectivity index (χ1) is 17.5. The average molecular weight is 488 g/mol. The standard InChI is InChI=1S/C29H33N3O4/c1-3-9-27(31-20-18-30(19-21-31)25-12-7-8-13-26(25)36-2)32(29(34)35)24-16-14-23(15-17-24)28(33)22-10-5-4-6-11-22/h4-8,10-17,27H,3,9,18-21H2,1-2H3,(H,34,35). The molecule has 1 saturated heterocycles. The summed E-state index contributed by atoms with van der Waals surface area (Å²) in [6.07, 6.45) is 0.281. The molecular weight excluding hydrogens is 454 g/mol. The molecule has 1 atom stereocenters. The maximum absolute atomic E-state index is 12.8. The zero-order valence-corrected chi connectivity index (χ0v) is 20.8. The van der Waals surface area contributed by atoms with E-state index in [2.05, 4.69) is 22.8 Å². The second kappa shape index (κ2) is 11.7. The molecule has 1 unspecified atom stereocenters. The van der Waals surface area contributed by atoms with Gasteiger partial charge in [-0.2, -0.15) is 0 Å². The number of benzene rings is 3. The predicted molar refractivity (Wildman–Crippen MR) is 142 cm³/mol. The van der Waals surface area contributed by atoms with Gasteiger partial charge < -0.3 is 14.7 Å². The van der Waals surface area contributed by atoms with Crippen LogP contribution in [0.4, 0.5) is 16.2 Å². The van der Waals surface area contributed by atoms with Crippen molar-refractivity contribution in [1.82, 2.24) is 4.90 Å². The lowest BCUT2D eigenvalue weighted by molar-refractivity contribution is 0.103. The minimum atomic E-state index is -0.997. The molecule has 1 fully saturated rings. The third-order valence-electron chi connectivity index (χ3n) is 6.66. The molecule has 1 N–H and O–H groups in total. The molecule has 0 aromatic heterocycles. The topological polar surface area (TPSA) is 73.3 Å². The minimum absolute atomic E-state index is 0.0819. The number of hydrogen-bond acceptors (Lipinski definition) is 5. The van der Waals surface area contributed by atoms with Crippen LogP contribution in [0.1, 0.15) is 35.7 Å². The molecule has 0 spiro atoms. The summed E-state index contributed by atoms with van der Waals surface area (Å²) in [6.45, 7) is 5.09. The van der Waals surface area contributed by atoms with E-state index < -0.39 is 6.09 Å². The summed E-state index contributed by atoms with van der Waals surface area (Å²) in [7, 11) is 1.68. The van der Waals surface area contributed by atoms with Crippen LogP contribution < -0.4 is 14.5 Å². The fourth-order valence-electron chi connectivity index (χ4n) is 4.82. The highest BCUT2D eigenvalue weighted by molar-refractivity contribution is 6.09. The summed E-state index contributed by atoms with van der Waals surface area (Å²) in [4.78, 5) is 31.2. The molecule has 1 aliphatic heterocycles. The Morgan fingerprint density at radius 2 is 1.50 bits per heavy atom. The van der Waals surface area contributed by atoms with Gasteiger partial charge in [0.15, 0.2) is 5.78 Å². The highest BCUT2D eigenvalue weighted by atomic mass is 16.5. The number of ketones is 1. The molecule has 1 amide bonds. The van der Waals surface area contributed by atoms with Crippen LogP contribution in [0.25, 0.3) is 0 Å². The minimum Gasteiger partial charge on any atom is -0.495 e. The largest absolute Gasteiger partial charge is 0.495 e. The van der Waals surface area contributed by atoms with Gasteiger partial charge in [0.1, 0.15) is 5.75 Å². The van der Waals surface area contributed by atoms with Crippen molar-refractivity contribution in [2.75, 3.05) is 43.1 Å². The summed E-state index contributed by atoms with van der Waals surface area (Å²) in [5, 5.41) is 10.2. The van der Waals surface area contributed by atoms with Gasteiger partial charge in [-0.1, -0.05) is 55.8 Å². The second-order valence-electron chi connectivity index (χ2n) is 8.86. The molecule has 3 aromatic rings. The lowest BCUT2D eigenvalue weighted by Crippen LogP contribution is -2.57. The maximum Gasteiger partial charge on any atom is 0.413 e. The van der Waals surface area contributed by atoms with E-state index in [9.17, 15) is 14.7 Å². The Morgan fingerprint density at radius 1 is 0.889 bits per heavy atom. The van der Waals surface area contributed by atoms with Crippen molar-refractivity contribution in [2.24, 2.45) is 0 Å². The Hall–Kier alpha value is -3.84. The number of methoxy groups -OCH3 is 1. The van der Waals surface area contributed by atoms with Crippen LogP contribution >= 0.6 is 0 Å². The van der Waals surface area contributed by atoms with E-state index >= 15 is 0 Å². The van der Waals surface area contributed by atoms with Gasteiger partial charge in [-0.05, 0) is 42.8 Å². The Bertz CT molecular complexity index is 1160. The summed E-state index contributed by atoms with van der Waals surface area (Å²) >= 11 is 0. The number of hydrogen-bond donors (Lipinski definition) is 1. The van der Waals surface area contributed by atoms with Crippen LogP contribution in [0.2, 0.25) is 0 Å². The van der Waals surface area contributed by atoms with E-state index in [4.69, 9.17) is 4.74 Å². The molecule has 36 heavy (non-hydrogen) atoms. The average Bonchev–Trinajstić information content (AvgIpc) is 2.93. The van der Waals surface area contributed by atoms with E-state index in [0.29, 0.717) is 23.2 Å². The predicted octanol–water partition coefficient (Wildman–Crippen LogP) is 5.36. The van der Waals surface area contributed by atoms with Gasteiger partial charge in [-0.25, -0.2) is 4.79 Å². The van der Waals surface area contributed by atoms with Gasteiger partial charge >= 0.3 is 6.09 Å². The zero-order valence-electron chi connectivity index (χ0n) is 20.8. The van der Waals surface area contributed by atoms with Crippen molar-refractivity contribution >= 4 is 23.3 Å². The number of carbonyl (C=O) groups excluding carboxylic acids is 1. The van der Waals surface area contributed by atoms with Gasteiger partial charge in [0, 0.05) is 43.0 Å². The van der Waals surface area contributed by atoms with Gasteiger partial charge in [0.2, 0.25) is 0 Å². The van der Waals surface area contributed by atoms with E-state index in [1.165, 1.54) is 4.90 Å². The van der Waals surface area contributed by atoms with Crippen molar-refractivity contribution in [3.63, 3.8) is 0 Å². The van der Waals surface area contributed by atoms with Crippen LogP contribution in [0.3, 0.4) is 0 Å². The van der Waals surface area contributed by atoms with Crippen molar-refractivity contribution in [3.8, 4) is 5.75 Å². The summed E-state index contributed by atoms with van der Waals surface area (Å²) in [5.74, 6) is 0.759. The summed E-state index contributed by atoms with van der Waals surface area (Å²) in [5.41, 5.74) is 2.77. The van der Waals surface area contributed by atoms with Gasteiger partial charge in [0.05, 0.1) is 19.0 Å². The smallest absolute Gasteiger partial charge is 0.413 e. The van der Waals surface area contributed by atoms with Crippen LogP contribution in [0, 0.1) is 0 Å². The molecule has 0 radical (unpaired) electrons. The lowest BCUT2D eigenvalue weighted by atomic mass is 10.0. The van der Waals surface area contributed by atoms with Crippen molar-refractivity contribution in [1.29, 1.82) is 0 Å². The molecular formula is C29H33N3O4. The van der Waals surface area contributed by atoms with Crippen molar-refractivity contribution in [2.45, 2.75) is 25.9 Å². The molecule has 0 bridgehead atoms. The first-order valence-electron chi connectivity index (χ1n) is 12.4. The molecule has 3 aromatic carbocycles. The fraction of sp³-hybridized carbons (Fsp3) is 0.310. The van der Waals surface area contributed by atoms with E-state index in [1.807, 2.05) is 36.4 Å². The molecule has 7 nitrogen and oxygen atoms in total. The second-order valence-corrected chi connectivity index (χ2v) is 8.86. The summed E-state index contributed by atoms with van der Waals surface area (Å²) in [6, 6.07) is 24.0. The number of para-hydroxylation sites is 2. The number of piperazine rings is 1. The van der Waals surface area contributed by atoms with E-state index in [-0.39, 0.29) is 11.9 Å². The highest BCUT2D eigenvalue weighted by Gasteiger charge is 2.32. The highest BCUT2D eigenvalue weighted by Crippen LogP contribution is 2.30. The van der Waals surface area contributed by atoms with E-state index in [0.717, 1.165) is 44.0 Å². The molecule has 7 heteroatoms. The molecule has 4 rings (SSSR count). The Labute approximate surface area is 212 Å². The number of rotatable bonds is 9. The third kappa shape index (κ3) is 5.52. The van der Waals surface area contributed by atoms with Crippen LogP contribution in [0.5, 0.6) is 5.75 Å². The number of carbonyl (C=O) groups is 2. The fourth-order valence-corrected chi connectivity index (χ4v) is 4.82. The van der Waals surface area contributed by atoms with Gasteiger partial charge in [-0.15, -0.1) is 0 Å². The Balaban J connectivity index is 1.51. The zero-order chi connectivity index (χ0) is 25.5. The monoisotopic (exact) mass is 487 g/mol. The summed E-state index contributed by atoms with van der Waals surface area (Å²) < 4.78 is 5.53. The van der Waals surface area contributed by atoms with Gasteiger partial charge in [0.25, 0.3) is 0 Å².